The van der Waals surface area contributed by atoms with E-state index in [2.05, 4.69) is 18.7 Å². The molecule has 2 aliphatic rings. The lowest BCUT2D eigenvalue weighted by Crippen LogP contribution is -2.45. The minimum absolute atomic E-state index is 0.0645. The van der Waals surface area contributed by atoms with Gasteiger partial charge in [-0.3, -0.25) is 4.90 Å². The second-order valence-corrected chi connectivity index (χ2v) is 5.42. The highest BCUT2D eigenvalue weighted by molar-refractivity contribution is 4.81. The molecule has 2 aliphatic heterocycles. The van der Waals surface area contributed by atoms with Gasteiger partial charge in [-0.05, 0) is 33.2 Å². The predicted octanol–water partition coefficient (Wildman–Crippen LogP) is 1.37. The SMILES string of the molecule is CC(C)N1CCCCC1CC1OCC(CO)O1. The Kier molecular flexibility index (Phi) is 4.79. The molecule has 0 aromatic heterocycles. The van der Waals surface area contributed by atoms with E-state index in [-0.39, 0.29) is 19.0 Å². The first kappa shape index (κ1) is 13.3. The Labute approximate surface area is 104 Å². The quantitative estimate of drug-likeness (QED) is 0.810. The van der Waals surface area contributed by atoms with Gasteiger partial charge in [-0.1, -0.05) is 6.42 Å². The van der Waals surface area contributed by atoms with Crippen LogP contribution in [0.25, 0.3) is 0 Å². The van der Waals surface area contributed by atoms with Crippen LogP contribution in [-0.4, -0.2) is 54.2 Å². The van der Waals surface area contributed by atoms with Gasteiger partial charge in [0.25, 0.3) is 0 Å². The highest BCUT2D eigenvalue weighted by Gasteiger charge is 2.32. The number of aliphatic hydroxyl groups excluding tert-OH is 1. The summed E-state index contributed by atoms with van der Waals surface area (Å²) in [5, 5.41) is 9.01. The van der Waals surface area contributed by atoms with Crippen molar-refractivity contribution in [3.8, 4) is 0 Å². The lowest BCUT2D eigenvalue weighted by Gasteiger charge is -2.39. The molecule has 0 aromatic rings. The number of hydrogen-bond acceptors (Lipinski definition) is 4. The van der Waals surface area contributed by atoms with Crippen LogP contribution < -0.4 is 0 Å². The summed E-state index contributed by atoms with van der Waals surface area (Å²) in [4.78, 5) is 2.56. The summed E-state index contributed by atoms with van der Waals surface area (Å²) >= 11 is 0. The molecule has 100 valence electrons. The lowest BCUT2D eigenvalue weighted by molar-refractivity contribution is -0.0875. The van der Waals surface area contributed by atoms with Crippen LogP contribution in [-0.2, 0) is 9.47 Å². The largest absolute Gasteiger partial charge is 0.394 e. The lowest BCUT2D eigenvalue weighted by atomic mass is 9.97. The molecule has 1 N–H and O–H groups in total. The molecular formula is C13H25NO3. The number of likely N-dealkylation sites (tertiary alicyclic amines) is 1. The van der Waals surface area contributed by atoms with Gasteiger partial charge in [0, 0.05) is 18.5 Å². The van der Waals surface area contributed by atoms with Gasteiger partial charge in [0.15, 0.2) is 6.29 Å². The van der Waals surface area contributed by atoms with Crippen molar-refractivity contribution < 1.29 is 14.6 Å². The molecule has 2 fully saturated rings. The molecule has 0 aliphatic carbocycles. The van der Waals surface area contributed by atoms with Gasteiger partial charge < -0.3 is 14.6 Å². The highest BCUT2D eigenvalue weighted by Crippen LogP contribution is 2.26. The molecule has 4 heteroatoms. The second kappa shape index (κ2) is 6.14. The molecule has 2 rings (SSSR count). The van der Waals surface area contributed by atoms with E-state index >= 15 is 0 Å². The fourth-order valence-electron chi connectivity index (χ4n) is 2.91. The molecule has 17 heavy (non-hydrogen) atoms. The van der Waals surface area contributed by atoms with E-state index in [9.17, 15) is 0 Å². The van der Waals surface area contributed by atoms with E-state index in [1.165, 1.54) is 25.8 Å². The molecule has 3 unspecified atom stereocenters. The van der Waals surface area contributed by atoms with Crippen LogP contribution in [0.3, 0.4) is 0 Å². The van der Waals surface area contributed by atoms with Crippen LogP contribution in [0.5, 0.6) is 0 Å². The summed E-state index contributed by atoms with van der Waals surface area (Å²) in [6, 6.07) is 1.17. The second-order valence-electron chi connectivity index (χ2n) is 5.42. The summed E-state index contributed by atoms with van der Waals surface area (Å²) in [6.07, 6.45) is 4.57. The zero-order chi connectivity index (χ0) is 12.3. The average molecular weight is 243 g/mol. The topological polar surface area (TPSA) is 41.9 Å². The molecule has 0 bridgehead atoms. The Hall–Kier alpha value is -0.160. The van der Waals surface area contributed by atoms with Crippen molar-refractivity contribution in [2.24, 2.45) is 0 Å². The molecule has 2 heterocycles. The van der Waals surface area contributed by atoms with Crippen molar-refractivity contribution in [1.29, 1.82) is 0 Å². The standard InChI is InChI=1S/C13H25NO3/c1-10(2)14-6-4-3-5-11(14)7-13-16-9-12(8-15)17-13/h10-13,15H,3-9H2,1-2H3. The number of rotatable bonds is 4. The van der Waals surface area contributed by atoms with Crippen LogP contribution >= 0.6 is 0 Å². The third-order valence-electron chi connectivity index (χ3n) is 3.82. The smallest absolute Gasteiger partial charge is 0.159 e. The maximum Gasteiger partial charge on any atom is 0.159 e. The van der Waals surface area contributed by atoms with Crippen molar-refractivity contribution in [2.45, 2.75) is 64.0 Å². The summed E-state index contributed by atoms with van der Waals surface area (Å²) in [5.41, 5.74) is 0. The van der Waals surface area contributed by atoms with Crippen molar-refractivity contribution >= 4 is 0 Å². The van der Waals surface area contributed by atoms with Gasteiger partial charge in [-0.25, -0.2) is 0 Å². The number of nitrogens with zero attached hydrogens (tertiary/aromatic N) is 1. The summed E-state index contributed by atoms with van der Waals surface area (Å²) in [6.45, 7) is 6.31. The number of piperidine rings is 1. The Morgan fingerprint density at radius 3 is 2.82 bits per heavy atom. The van der Waals surface area contributed by atoms with Crippen LogP contribution in [0.1, 0.15) is 39.5 Å². The summed E-state index contributed by atoms with van der Waals surface area (Å²) in [5.74, 6) is 0. The predicted molar refractivity (Wildman–Crippen MR) is 65.8 cm³/mol. The van der Waals surface area contributed by atoms with Gasteiger partial charge in [-0.2, -0.15) is 0 Å². The molecule has 0 aromatic carbocycles. The first-order valence-corrected chi connectivity index (χ1v) is 6.84. The fraction of sp³-hybridized carbons (Fsp3) is 1.00. The van der Waals surface area contributed by atoms with Gasteiger partial charge in [0.05, 0.1) is 13.2 Å². The normalized spacial score (nSPS) is 35.6. The molecule has 4 nitrogen and oxygen atoms in total. The number of aliphatic hydroxyl groups is 1. The van der Waals surface area contributed by atoms with Crippen molar-refractivity contribution in [3.05, 3.63) is 0 Å². The maximum absolute atomic E-state index is 9.01. The maximum atomic E-state index is 9.01. The molecule has 0 radical (unpaired) electrons. The third-order valence-corrected chi connectivity index (χ3v) is 3.82. The first-order valence-electron chi connectivity index (χ1n) is 6.84. The zero-order valence-electron chi connectivity index (χ0n) is 11.0. The number of ether oxygens (including phenoxy) is 2. The van der Waals surface area contributed by atoms with E-state index in [1.54, 1.807) is 0 Å². The van der Waals surface area contributed by atoms with Crippen molar-refractivity contribution in [2.75, 3.05) is 19.8 Å². The van der Waals surface area contributed by atoms with E-state index in [0.717, 1.165) is 6.42 Å². The van der Waals surface area contributed by atoms with E-state index in [4.69, 9.17) is 14.6 Å². The Morgan fingerprint density at radius 2 is 2.18 bits per heavy atom. The highest BCUT2D eigenvalue weighted by atomic mass is 16.7. The molecule has 3 atom stereocenters. The van der Waals surface area contributed by atoms with Crippen molar-refractivity contribution in [3.63, 3.8) is 0 Å². The summed E-state index contributed by atoms with van der Waals surface area (Å²) < 4.78 is 11.2. The van der Waals surface area contributed by atoms with E-state index < -0.39 is 0 Å². The minimum atomic E-state index is -0.115. The van der Waals surface area contributed by atoms with Gasteiger partial charge in [-0.15, -0.1) is 0 Å². The molecule has 0 amide bonds. The van der Waals surface area contributed by atoms with Gasteiger partial charge >= 0.3 is 0 Å². The first-order chi connectivity index (χ1) is 8.20. The number of hydrogen-bond donors (Lipinski definition) is 1. The van der Waals surface area contributed by atoms with Crippen molar-refractivity contribution in [1.82, 2.24) is 4.90 Å². The van der Waals surface area contributed by atoms with Gasteiger partial charge in [0.1, 0.15) is 6.10 Å². The average Bonchev–Trinajstić information content (AvgIpc) is 2.77. The van der Waals surface area contributed by atoms with Crippen LogP contribution in [0.2, 0.25) is 0 Å². The molecule has 0 saturated carbocycles. The Morgan fingerprint density at radius 1 is 1.35 bits per heavy atom. The third kappa shape index (κ3) is 3.41. The Balaban J connectivity index is 1.84. The van der Waals surface area contributed by atoms with Crippen LogP contribution in [0.15, 0.2) is 0 Å². The van der Waals surface area contributed by atoms with Crippen LogP contribution in [0.4, 0.5) is 0 Å². The zero-order valence-corrected chi connectivity index (χ0v) is 11.0. The molecule has 2 saturated heterocycles. The van der Waals surface area contributed by atoms with E-state index in [0.29, 0.717) is 18.7 Å². The fourth-order valence-corrected chi connectivity index (χ4v) is 2.91. The molecule has 0 spiro atoms. The van der Waals surface area contributed by atoms with Gasteiger partial charge in [0.2, 0.25) is 0 Å². The summed E-state index contributed by atoms with van der Waals surface area (Å²) in [7, 11) is 0. The monoisotopic (exact) mass is 243 g/mol. The van der Waals surface area contributed by atoms with Crippen LogP contribution in [0, 0.1) is 0 Å². The van der Waals surface area contributed by atoms with E-state index in [1.807, 2.05) is 0 Å². The minimum Gasteiger partial charge on any atom is -0.394 e. The molecular weight excluding hydrogens is 218 g/mol. The Bertz CT molecular complexity index is 235.